The van der Waals surface area contributed by atoms with Crippen molar-refractivity contribution in [3.05, 3.63) is 20.9 Å². The van der Waals surface area contributed by atoms with E-state index in [9.17, 15) is 22.0 Å². The molecule has 1 aromatic rings. The SMILES string of the molecule is Nc1cc(C(F)(F)F)c(C(F)F)c(I)n1. The summed E-state index contributed by atoms with van der Waals surface area (Å²) in [5.74, 6) is -0.434. The minimum absolute atomic E-state index is 0.406. The van der Waals surface area contributed by atoms with Crippen molar-refractivity contribution in [1.82, 2.24) is 4.98 Å². The number of rotatable bonds is 1. The Morgan fingerprint density at radius 2 is 1.87 bits per heavy atom. The van der Waals surface area contributed by atoms with Crippen molar-refractivity contribution >= 4 is 28.4 Å². The van der Waals surface area contributed by atoms with Crippen LogP contribution in [0.4, 0.5) is 27.8 Å². The molecule has 0 amide bonds. The Morgan fingerprint density at radius 1 is 1.33 bits per heavy atom. The summed E-state index contributed by atoms with van der Waals surface area (Å²) in [6.07, 6.45) is -8.09. The molecule has 0 fully saturated rings. The third-order valence-electron chi connectivity index (χ3n) is 1.56. The molecule has 0 aliphatic rings. The molecule has 8 heteroatoms. The topological polar surface area (TPSA) is 38.9 Å². The zero-order valence-corrected chi connectivity index (χ0v) is 9.10. The number of nitrogens with zero attached hydrogens (tertiary/aromatic N) is 1. The number of pyridine rings is 1. The summed E-state index contributed by atoms with van der Waals surface area (Å²) in [4.78, 5) is 3.35. The maximum atomic E-state index is 12.4. The highest BCUT2D eigenvalue weighted by Crippen LogP contribution is 2.38. The van der Waals surface area contributed by atoms with Crippen LogP contribution < -0.4 is 5.73 Å². The highest BCUT2D eigenvalue weighted by Gasteiger charge is 2.37. The van der Waals surface area contributed by atoms with Gasteiger partial charge in [-0.15, -0.1) is 0 Å². The fourth-order valence-corrected chi connectivity index (χ4v) is 1.79. The lowest BCUT2D eigenvalue weighted by Gasteiger charge is -2.13. The second-order valence-electron chi connectivity index (χ2n) is 2.60. The Labute approximate surface area is 94.8 Å². The molecule has 1 rings (SSSR count). The predicted octanol–water partition coefficient (Wildman–Crippen LogP) is 3.22. The molecule has 0 radical (unpaired) electrons. The number of nitrogen functional groups attached to an aromatic ring is 1. The van der Waals surface area contributed by atoms with Gasteiger partial charge in [-0.05, 0) is 28.7 Å². The number of hydrogen-bond donors (Lipinski definition) is 1. The molecule has 2 N–H and O–H groups in total. The monoisotopic (exact) mass is 338 g/mol. The highest BCUT2D eigenvalue weighted by molar-refractivity contribution is 14.1. The van der Waals surface area contributed by atoms with Gasteiger partial charge in [0.25, 0.3) is 6.43 Å². The van der Waals surface area contributed by atoms with Crippen LogP contribution in [0, 0.1) is 3.70 Å². The van der Waals surface area contributed by atoms with Gasteiger partial charge < -0.3 is 5.73 Å². The zero-order valence-electron chi connectivity index (χ0n) is 6.95. The van der Waals surface area contributed by atoms with Crippen LogP contribution in [0.2, 0.25) is 0 Å². The fourth-order valence-electron chi connectivity index (χ4n) is 0.985. The molecule has 0 aromatic carbocycles. The summed E-state index contributed by atoms with van der Waals surface area (Å²) in [6, 6.07) is 0.406. The van der Waals surface area contributed by atoms with Crippen LogP contribution in [0.1, 0.15) is 17.6 Å². The lowest BCUT2D eigenvalue weighted by molar-refractivity contribution is -0.139. The van der Waals surface area contributed by atoms with E-state index in [0.29, 0.717) is 6.07 Å². The first-order chi connectivity index (χ1) is 6.73. The third-order valence-corrected chi connectivity index (χ3v) is 2.38. The van der Waals surface area contributed by atoms with E-state index >= 15 is 0 Å². The molecule has 1 heterocycles. The normalized spacial score (nSPS) is 12.2. The van der Waals surface area contributed by atoms with E-state index in [0.717, 1.165) is 0 Å². The summed E-state index contributed by atoms with van der Waals surface area (Å²) in [6.45, 7) is 0. The standard InChI is InChI=1S/C7H4F5IN2/c8-5(9)4-2(7(10,11)12)1-3(14)15-6(4)13/h1,5H,(H2,14,15). The lowest BCUT2D eigenvalue weighted by Crippen LogP contribution is -2.13. The number of alkyl halides is 5. The van der Waals surface area contributed by atoms with E-state index in [-0.39, 0.29) is 0 Å². The summed E-state index contributed by atoms with van der Waals surface area (Å²) < 4.78 is 61.3. The Morgan fingerprint density at radius 3 is 2.27 bits per heavy atom. The van der Waals surface area contributed by atoms with Crippen LogP contribution in [0.15, 0.2) is 6.07 Å². The second kappa shape index (κ2) is 4.06. The van der Waals surface area contributed by atoms with Crippen molar-refractivity contribution < 1.29 is 22.0 Å². The minimum Gasteiger partial charge on any atom is -0.384 e. The summed E-state index contributed by atoms with van der Waals surface area (Å²) in [5.41, 5.74) is 2.50. The molecule has 0 atom stereocenters. The van der Waals surface area contributed by atoms with E-state index < -0.39 is 33.2 Å². The molecular formula is C7H4F5IN2. The molecule has 15 heavy (non-hydrogen) atoms. The first kappa shape index (κ1) is 12.4. The maximum Gasteiger partial charge on any atom is 0.417 e. The minimum atomic E-state index is -4.86. The zero-order chi connectivity index (χ0) is 11.8. The van der Waals surface area contributed by atoms with Gasteiger partial charge in [-0.25, -0.2) is 13.8 Å². The first-order valence-corrected chi connectivity index (χ1v) is 4.62. The smallest absolute Gasteiger partial charge is 0.384 e. The Balaban J connectivity index is 3.47. The summed E-state index contributed by atoms with van der Waals surface area (Å²) in [7, 11) is 0. The molecule has 84 valence electrons. The van der Waals surface area contributed by atoms with Gasteiger partial charge in [-0.2, -0.15) is 13.2 Å². The predicted molar refractivity (Wildman–Crippen MR) is 51.3 cm³/mol. The molecule has 2 nitrogen and oxygen atoms in total. The van der Waals surface area contributed by atoms with Gasteiger partial charge in [0.05, 0.1) is 11.1 Å². The van der Waals surface area contributed by atoms with Crippen molar-refractivity contribution in [2.24, 2.45) is 0 Å². The largest absolute Gasteiger partial charge is 0.417 e. The highest BCUT2D eigenvalue weighted by atomic mass is 127. The molecule has 0 saturated carbocycles. The van der Waals surface area contributed by atoms with Gasteiger partial charge >= 0.3 is 6.18 Å². The van der Waals surface area contributed by atoms with Crippen LogP contribution in [0.3, 0.4) is 0 Å². The van der Waals surface area contributed by atoms with E-state index in [2.05, 4.69) is 4.98 Å². The van der Waals surface area contributed by atoms with Crippen LogP contribution in [-0.4, -0.2) is 4.98 Å². The number of halogens is 6. The molecule has 0 saturated heterocycles. The number of anilines is 1. The molecule has 0 bridgehead atoms. The molecule has 0 aliphatic heterocycles. The summed E-state index contributed by atoms with van der Waals surface area (Å²) >= 11 is 1.30. The summed E-state index contributed by atoms with van der Waals surface area (Å²) in [5, 5.41) is 0. The Bertz CT molecular complexity index is 376. The van der Waals surface area contributed by atoms with Crippen molar-refractivity contribution in [2.75, 3.05) is 5.73 Å². The van der Waals surface area contributed by atoms with Crippen LogP contribution >= 0.6 is 22.6 Å². The first-order valence-electron chi connectivity index (χ1n) is 3.54. The third kappa shape index (κ3) is 2.67. The van der Waals surface area contributed by atoms with Gasteiger partial charge in [-0.1, -0.05) is 0 Å². The number of nitrogens with two attached hydrogens (primary N) is 1. The molecule has 0 unspecified atom stereocenters. The van der Waals surface area contributed by atoms with Crippen LogP contribution in [0.25, 0.3) is 0 Å². The maximum absolute atomic E-state index is 12.4. The molecule has 0 spiro atoms. The van der Waals surface area contributed by atoms with Crippen LogP contribution in [-0.2, 0) is 6.18 Å². The molecule has 1 aromatic heterocycles. The van der Waals surface area contributed by atoms with E-state index in [1.54, 1.807) is 0 Å². The lowest BCUT2D eigenvalue weighted by atomic mass is 10.1. The van der Waals surface area contributed by atoms with E-state index in [1.807, 2.05) is 0 Å². The molecular weight excluding hydrogens is 334 g/mol. The average molecular weight is 338 g/mol. The van der Waals surface area contributed by atoms with Crippen molar-refractivity contribution in [3.63, 3.8) is 0 Å². The molecule has 0 aliphatic carbocycles. The van der Waals surface area contributed by atoms with Crippen LogP contribution in [0.5, 0.6) is 0 Å². The van der Waals surface area contributed by atoms with Crippen molar-refractivity contribution in [3.8, 4) is 0 Å². The van der Waals surface area contributed by atoms with Gasteiger partial charge in [-0.3, -0.25) is 0 Å². The average Bonchev–Trinajstić information content (AvgIpc) is 1.99. The Kier molecular flexibility index (Phi) is 3.36. The Hall–Kier alpha value is -0.670. The number of hydrogen-bond acceptors (Lipinski definition) is 2. The van der Waals surface area contributed by atoms with Crippen molar-refractivity contribution in [1.29, 1.82) is 0 Å². The van der Waals surface area contributed by atoms with E-state index in [4.69, 9.17) is 5.73 Å². The second-order valence-corrected chi connectivity index (χ2v) is 3.62. The number of aromatic nitrogens is 1. The van der Waals surface area contributed by atoms with Gasteiger partial charge in [0.1, 0.15) is 9.52 Å². The van der Waals surface area contributed by atoms with Gasteiger partial charge in [0, 0.05) is 0 Å². The fraction of sp³-hybridized carbons (Fsp3) is 0.286. The van der Waals surface area contributed by atoms with Crippen molar-refractivity contribution in [2.45, 2.75) is 12.6 Å². The van der Waals surface area contributed by atoms with Gasteiger partial charge in [0.2, 0.25) is 0 Å². The quantitative estimate of drug-likeness (QED) is 0.485. The van der Waals surface area contributed by atoms with E-state index in [1.165, 1.54) is 22.6 Å². The van der Waals surface area contributed by atoms with Gasteiger partial charge in [0.15, 0.2) is 0 Å².